The third-order valence-electron chi connectivity index (χ3n) is 7.58. The standard InChI is InChI=1S/C26H40N2O6/c1-6-26(4,5)24(31)33-21-12-15(2)11-17-8-7-16(3)20(23(17)21)10-9-18(29)13-19(30)14-22-27-25(32)34-28-22/h7-8,11,15-16,18-21,23,29-30H,6,9-10,12-14H2,1-5H3,(H,27,28,32)/t15-,16-,18?,19?,20-,21-,23-/m0/s1. The molecule has 0 fully saturated rings. The van der Waals surface area contributed by atoms with E-state index in [0.717, 1.165) is 19.3 Å². The summed E-state index contributed by atoms with van der Waals surface area (Å²) in [5, 5.41) is 23.3. The molecule has 1 heterocycles. The van der Waals surface area contributed by atoms with Gasteiger partial charge in [-0.15, -0.1) is 0 Å². The van der Waals surface area contributed by atoms with Gasteiger partial charge in [-0.25, -0.2) is 9.95 Å². The molecule has 0 amide bonds. The molecular weight excluding hydrogens is 436 g/mol. The van der Waals surface area contributed by atoms with Gasteiger partial charge in [-0.3, -0.25) is 4.79 Å². The monoisotopic (exact) mass is 476 g/mol. The summed E-state index contributed by atoms with van der Waals surface area (Å²) < 4.78 is 10.7. The molecule has 0 spiro atoms. The van der Waals surface area contributed by atoms with E-state index in [-0.39, 0.29) is 48.5 Å². The van der Waals surface area contributed by atoms with Crippen molar-refractivity contribution < 1.29 is 24.3 Å². The SMILES string of the molecule is CCC(C)(C)C(=O)O[C@H]1C[C@@H](C)C=C2C=C[C@H](C)[C@H](CCC(O)CC(O)Cc3nc(=O)o[nH]3)[C@H]21. The van der Waals surface area contributed by atoms with Gasteiger partial charge in [0.25, 0.3) is 0 Å². The number of H-pyrrole nitrogens is 1. The number of fused-ring (bicyclic) bond motifs is 1. The van der Waals surface area contributed by atoms with Crippen LogP contribution < -0.4 is 5.76 Å². The van der Waals surface area contributed by atoms with Crippen LogP contribution in [0, 0.1) is 29.1 Å². The van der Waals surface area contributed by atoms with Crippen molar-refractivity contribution in [3.05, 3.63) is 40.2 Å². The van der Waals surface area contributed by atoms with Gasteiger partial charge < -0.3 is 19.5 Å². The third-order valence-corrected chi connectivity index (χ3v) is 7.58. The van der Waals surface area contributed by atoms with E-state index in [4.69, 9.17) is 4.74 Å². The lowest BCUT2D eigenvalue weighted by Crippen LogP contribution is -2.43. The number of carbonyl (C=O) groups excluding carboxylic acids is 1. The number of nitrogens with zero attached hydrogens (tertiary/aromatic N) is 1. The molecule has 3 N–H and O–H groups in total. The molecule has 7 atom stereocenters. The summed E-state index contributed by atoms with van der Waals surface area (Å²) in [7, 11) is 0. The van der Waals surface area contributed by atoms with E-state index in [2.05, 4.69) is 46.7 Å². The van der Waals surface area contributed by atoms with Gasteiger partial charge in [0, 0.05) is 12.3 Å². The van der Waals surface area contributed by atoms with Crippen LogP contribution in [0.5, 0.6) is 0 Å². The quantitative estimate of drug-likeness (QED) is 0.441. The van der Waals surface area contributed by atoms with Crippen molar-refractivity contribution in [3.8, 4) is 0 Å². The molecule has 0 saturated carbocycles. The van der Waals surface area contributed by atoms with Crippen LogP contribution in [-0.2, 0) is 16.0 Å². The van der Waals surface area contributed by atoms with Crippen LogP contribution >= 0.6 is 0 Å². The Morgan fingerprint density at radius 2 is 2.06 bits per heavy atom. The summed E-state index contributed by atoms with van der Waals surface area (Å²) in [4.78, 5) is 27.6. The summed E-state index contributed by atoms with van der Waals surface area (Å²) >= 11 is 0. The average Bonchev–Trinajstić information content (AvgIpc) is 3.17. The first-order chi connectivity index (χ1) is 16.0. The van der Waals surface area contributed by atoms with Gasteiger partial charge in [0.2, 0.25) is 0 Å². The average molecular weight is 477 g/mol. The first kappa shape index (κ1) is 26.4. The lowest BCUT2D eigenvalue weighted by Gasteiger charge is -2.44. The number of carbonyl (C=O) groups is 1. The van der Waals surface area contributed by atoms with Crippen molar-refractivity contribution in [3.63, 3.8) is 0 Å². The summed E-state index contributed by atoms with van der Waals surface area (Å²) in [6, 6.07) is 0. The topological polar surface area (TPSA) is 126 Å². The van der Waals surface area contributed by atoms with Gasteiger partial charge in [-0.1, -0.05) is 39.0 Å². The summed E-state index contributed by atoms with van der Waals surface area (Å²) in [6.07, 6.45) is 8.05. The van der Waals surface area contributed by atoms with Crippen LogP contribution in [0.25, 0.3) is 0 Å². The van der Waals surface area contributed by atoms with E-state index < -0.39 is 23.4 Å². The lowest BCUT2D eigenvalue weighted by atomic mass is 9.65. The van der Waals surface area contributed by atoms with Crippen molar-refractivity contribution in [1.82, 2.24) is 10.1 Å². The van der Waals surface area contributed by atoms with Crippen LogP contribution in [0.15, 0.2) is 33.1 Å². The summed E-state index contributed by atoms with van der Waals surface area (Å²) in [5.74, 6) is 0.329. The third kappa shape index (κ3) is 6.48. The van der Waals surface area contributed by atoms with Crippen molar-refractivity contribution in [1.29, 1.82) is 0 Å². The number of hydrogen-bond donors (Lipinski definition) is 3. The molecule has 2 aliphatic rings. The van der Waals surface area contributed by atoms with Gasteiger partial charge in [-0.05, 0) is 69.3 Å². The molecule has 0 saturated heterocycles. The van der Waals surface area contributed by atoms with Crippen molar-refractivity contribution in [2.24, 2.45) is 29.1 Å². The molecule has 1 aromatic rings. The van der Waals surface area contributed by atoms with Gasteiger partial charge in [0.15, 0.2) is 0 Å². The van der Waals surface area contributed by atoms with Crippen LogP contribution in [-0.4, -0.2) is 44.6 Å². The molecule has 2 aliphatic carbocycles. The fourth-order valence-corrected chi connectivity index (χ4v) is 5.13. The minimum absolute atomic E-state index is 0.102. The minimum Gasteiger partial charge on any atom is -0.461 e. The van der Waals surface area contributed by atoms with Gasteiger partial charge in [0.1, 0.15) is 11.9 Å². The number of allylic oxidation sites excluding steroid dienone is 3. The number of hydrogen-bond acceptors (Lipinski definition) is 7. The number of aliphatic hydroxyl groups is 2. The largest absolute Gasteiger partial charge is 0.461 e. The lowest BCUT2D eigenvalue weighted by molar-refractivity contribution is -0.164. The van der Waals surface area contributed by atoms with E-state index in [1.807, 2.05) is 20.8 Å². The van der Waals surface area contributed by atoms with Gasteiger partial charge >= 0.3 is 11.7 Å². The summed E-state index contributed by atoms with van der Waals surface area (Å²) in [5.41, 5.74) is 0.704. The fraction of sp³-hybridized carbons (Fsp3) is 0.731. The first-order valence-electron chi connectivity index (χ1n) is 12.5. The molecule has 0 aliphatic heterocycles. The second-order valence-electron chi connectivity index (χ2n) is 10.8. The second-order valence-corrected chi connectivity index (χ2v) is 10.8. The van der Waals surface area contributed by atoms with Gasteiger partial charge in [-0.2, -0.15) is 4.98 Å². The van der Waals surface area contributed by atoms with Gasteiger partial charge in [0.05, 0.1) is 17.6 Å². The molecule has 0 bridgehead atoms. The molecule has 2 unspecified atom stereocenters. The minimum atomic E-state index is -0.838. The Kier molecular flexibility index (Phi) is 8.57. The Balaban J connectivity index is 1.65. The number of aromatic nitrogens is 2. The Hall–Kier alpha value is -2.19. The highest BCUT2D eigenvalue weighted by atomic mass is 16.5. The highest BCUT2D eigenvalue weighted by Crippen LogP contribution is 2.45. The number of aromatic amines is 1. The fourth-order valence-electron chi connectivity index (χ4n) is 5.13. The van der Waals surface area contributed by atoms with Crippen LogP contribution in [0.3, 0.4) is 0 Å². The molecule has 34 heavy (non-hydrogen) atoms. The highest BCUT2D eigenvalue weighted by molar-refractivity contribution is 5.76. The van der Waals surface area contributed by atoms with Crippen molar-refractivity contribution in [2.75, 3.05) is 0 Å². The molecule has 3 rings (SSSR count). The van der Waals surface area contributed by atoms with E-state index >= 15 is 0 Å². The number of esters is 1. The molecule has 1 aromatic heterocycles. The molecule has 8 heteroatoms. The van der Waals surface area contributed by atoms with E-state index in [1.54, 1.807) is 0 Å². The zero-order valence-electron chi connectivity index (χ0n) is 21.0. The van der Waals surface area contributed by atoms with Crippen LogP contribution in [0.2, 0.25) is 0 Å². The Bertz CT molecular complexity index is 945. The van der Waals surface area contributed by atoms with E-state index in [0.29, 0.717) is 12.3 Å². The predicted molar refractivity (Wildman–Crippen MR) is 128 cm³/mol. The van der Waals surface area contributed by atoms with E-state index in [9.17, 15) is 19.8 Å². The normalized spacial score (nSPS) is 28.7. The van der Waals surface area contributed by atoms with Crippen molar-refractivity contribution >= 4 is 5.97 Å². The highest BCUT2D eigenvalue weighted by Gasteiger charge is 2.42. The number of aliphatic hydroxyl groups excluding tert-OH is 2. The Morgan fingerprint density at radius 1 is 1.32 bits per heavy atom. The molecule has 0 radical (unpaired) electrons. The molecule has 0 aromatic carbocycles. The number of rotatable bonds is 10. The smallest absolute Gasteiger partial charge is 0.459 e. The Morgan fingerprint density at radius 3 is 2.71 bits per heavy atom. The zero-order valence-corrected chi connectivity index (χ0v) is 21.0. The van der Waals surface area contributed by atoms with Crippen LogP contribution in [0.4, 0.5) is 0 Å². The van der Waals surface area contributed by atoms with Crippen LogP contribution in [0.1, 0.15) is 72.5 Å². The molecule has 190 valence electrons. The Labute approximate surface area is 201 Å². The number of ether oxygens (including phenoxy) is 1. The first-order valence-corrected chi connectivity index (χ1v) is 12.5. The molecular formula is C26H40N2O6. The van der Waals surface area contributed by atoms with E-state index in [1.165, 1.54) is 5.57 Å². The summed E-state index contributed by atoms with van der Waals surface area (Å²) in [6.45, 7) is 10.2. The maximum absolute atomic E-state index is 12.9. The predicted octanol–water partition coefficient (Wildman–Crippen LogP) is 3.55. The molecule has 8 nitrogen and oxygen atoms in total. The number of nitrogens with one attached hydrogen (secondary N) is 1. The maximum atomic E-state index is 12.9. The second kappa shape index (κ2) is 11.0. The van der Waals surface area contributed by atoms with Crippen molar-refractivity contribution in [2.45, 2.75) is 91.5 Å². The zero-order chi connectivity index (χ0) is 25.0. The maximum Gasteiger partial charge on any atom is 0.459 e.